The molecule has 6 heteroatoms. The van der Waals surface area contributed by atoms with Gasteiger partial charge in [0, 0.05) is 12.1 Å². The Morgan fingerprint density at radius 2 is 2.16 bits per heavy atom. The van der Waals surface area contributed by atoms with Crippen LogP contribution in [0, 0.1) is 0 Å². The molecule has 6 nitrogen and oxygen atoms in total. The van der Waals surface area contributed by atoms with E-state index in [2.05, 4.69) is 17.1 Å². The van der Waals surface area contributed by atoms with Crippen LogP contribution in [-0.4, -0.2) is 29.1 Å². The Labute approximate surface area is 113 Å². The molecule has 2 rings (SSSR count). The molecule has 0 spiro atoms. The highest BCUT2D eigenvalue weighted by Crippen LogP contribution is 2.22. The van der Waals surface area contributed by atoms with E-state index >= 15 is 0 Å². The second-order valence-electron chi connectivity index (χ2n) is 5.21. The van der Waals surface area contributed by atoms with E-state index in [-0.39, 0.29) is 5.69 Å². The van der Waals surface area contributed by atoms with E-state index in [1.807, 2.05) is 5.43 Å². The molecule has 1 aliphatic carbocycles. The third-order valence-corrected chi connectivity index (χ3v) is 3.78. The summed E-state index contributed by atoms with van der Waals surface area (Å²) in [6.45, 7) is 0.676. The van der Waals surface area contributed by atoms with Crippen LogP contribution in [0.3, 0.4) is 0 Å². The first-order chi connectivity index (χ1) is 9.20. The molecule has 1 aromatic rings. The Balaban J connectivity index is 1.92. The van der Waals surface area contributed by atoms with Gasteiger partial charge in [-0.3, -0.25) is 15.1 Å². The monoisotopic (exact) mass is 266 g/mol. The van der Waals surface area contributed by atoms with Gasteiger partial charge in [0.15, 0.2) is 11.5 Å². The summed E-state index contributed by atoms with van der Waals surface area (Å²) in [5, 5.41) is 3.71. The summed E-state index contributed by atoms with van der Waals surface area (Å²) < 4.78 is 5.17. The number of nitrogens with zero attached hydrogens (tertiary/aromatic N) is 2. The number of aromatic nitrogens is 1. The van der Waals surface area contributed by atoms with Crippen molar-refractivity contribution >= 4 is 5.91 Å². The second kappa shape index (κ2) is 6.68. The van der Waals surface area contributed by atoms with Gasteiger partial charge in [-0.25, -0.2) is 5.84 Å². The quantitative estimate of drug-likeness (QED) is 0.373. The van der Waals surface area contributed by atoms with Crippen molar-refractivity contribution in [2.24, 2.45) is 5.84 Å². The maximum Gasteiger partial charge on any atom is 0.287 e. The molecule has 106 valence electrons. The van der Waals surface area contributed by atoms with Crippen LogP contribution in [0.2, 0.25) is 0 Å². The average molecular weight is 266 g/mol. The van der Waals surface area contributed by atoms with Crippen molar-refractivity contribution in [2.75, 3.05) is 7.05 Å². The highest BCUT2D eigenvalue weighted by molar-refractivity contribution is 5.91. The lowest BCUT2D eigenvalue weighted by Crippen LogP contribution is -2.31. The van der Waals surface area contributed by atoms with Crippen LogP contribution in [0.25, 0.3) is 0 Å². The number of nitrogens with one attached hydrogen (secondary N) is 1. The molecule has 1 saturated carbocycles. The maximum atomic E-state index is 11.3. The first-order valence-corrected chi connectivity index (χ1v) is 6.87. The van der Waals surface area contributed by atoms with E-state index in [9.17, 15) is 4.79 Å². The van der Waals surface area contributed by atoms with Crippen molar-refractivity contribution < 1.29 is 9.32 Å². The number of nitrogens with two attached hydrogens (primary N) is 1. The molecule has 0 radical (unpaired) electrons. The van der Waals surface area contributed by atoms with Crippen molar-refractivity contribution in [1.82, 2.24) is 15.5 Å². The second-order valence-corrected chi connectivity index (χ2v) is 5.21. The van der Waals surface area contributed by atoms with Crippen LogP contribution in [0.1, 0.15) is 54.8 Å². The highest BCUT2D eigenvalue weighted by atomic mass is 16.5. The van der Waals surface area contributed by atoms with Gasteiger partial charge >= 0.3 is 0 Å². The molecule has 1 aliphatic rings. The third kappa shape index (κ3) is 3.78. The van der Waals surface area contributed by atoms with Gasteiger partial charge in [0.25, 0.3) is 5.91 Å². The number of hydrazine groups is 1. The average Bonchev–Trinajstić information content (AvgIpc) is 2.71. The predicted octanol–water partition coefficient (Wildman–Crippen LogP) is 1.43. The minimum atomic E-state index is -0.424. The van der Waals surface area contributed by atoms with Crippen molar-refractivity contribution in [3.05, 3.63) is 17.5 Å². The Bertz CT molecular complexity index is 411. The largest absolute Gasteiger partial charge is 0.359 e. The van der Waals surface area contributed by atoms with E-state index < -0.39 is 5.91 Å². The zero-order valence-corrected chi connectivity index (χ0v) is 11.4. The smallest absolute Gasteiger partial charge is 0.287 e. The lowest BCUT2D eigenvalue weighted by molar-refractivity contribution is 0.0944. The lowest BCUT2D eigenvalue weighted by atomic mass is 10.1. The van der Waals surface area contributed by atoms with Crippen molar-refractivity contribution in [3.63, 3.8) is 0 Å². The minimum Gasteiger partial charge on any atom is -0.359 e. The number of carbonyl (C=O) groups excluding carboxylic acids is 1. The molecule has 1 heterocycles. The van der Waals surface area contributed by atoms with Gasteiger partial charge in [-0.2, -0.15) is 0 Å². The van der Waals surface area contributed by atoms with Crippen molar-refractivity contribution in [1.29, 1.82) is 0 Å². The van der Waals surface area contributed by atoms with Gasteiger partial charge in [-0.1, -0.05) is 30.8 Å². The van der Waals surface area contributed by atoms with Crippen LogP contribution in [0.5, 0.6) is 0 Å². The van der Waals surface area contributed by atoms with E-state index in [1.165, 1.54) is 38.5 Å². The molecule has 0 aromatic carbocycles. The van der Waals surface area contributed by atoms with Crippen LogP contribution < -0.4 is 11.3 Å². The van der Waals surface area contributed by atoms with Crippen molar-refractivity contribution in [3.8, 4) is 0 Å². The summed E-state index contributed by atoms with van der Waals surface area (Å²) in [5.41, 5.74) is 2.27. The molecular weight excluding hydrogens is 244 g/mol. The first-order valence-electron chi connectivity index (χ1n) is 6.87. The summed E-state index contributed by atoms with van der Waals surface area (Å²) in [5.74, 6) is 5.33. The van der Waals surface area contributed by atoms with Crippen LogP contribution in [0.4, 0.5) is 0 Å². The Hall–Kier alpha value is -1.40. The van der Waals surface area contributed by atoms with Gasteiger partial charge in [0.1, 0.15) is 0 Å². The molecule has 0 atom stereocenters. The molecule has 0 bridgehead atoms. The number of amides is 1. The van der Waals surface area contributed by atoms with Gasteiger partial charge in [-0.05, 0) is 19.9 Å². The van der Waals surface area contributed by atoms with Gasteiger partial charge in [0.2, 0.25) is 0 Å². The lowest BCUT2D eigenvalue weighted by Gasteiger charge is -2.25. The SMILES string of the molecule is CN(Cc1cc(C(=O)NN)no1)C1CCCCCC1. The fourth-order valence-corrected chi connectivity index (χ4v) is 2.64. The Morgan fingerprint density at radius 1 is 1.47 bits per heavy atom. The summed E-state index contributed by atoms with van der Waals surface area (Å²) in [6.07, 6.45) is 7.75. The Kier molecular flexibility index (Phi) is 4.93. The molecular formula is C13H22N4O2. The third-order valence-electron chi connectivity index (χ3n) is 3.78. The van der Waals surface area contributed by atoms with E-state index in [4.69, 9.17) is 10.4 Å². The first kappa shape index (κ1) is 14.0. The number of carbonyl (C=O) groups is 1. The molecule has 1 fully saturated rings. The molecule has 19 heavy (non-hydrogen) atoms. The van der Waals surface area contributed by atoms with Crippen LogP contribution >= 0.6 is 0 Å². The fourth-order valence-electron chi connectivity index (χ4n) is 2.64. The fraction of sp³-hybridized carbons (Fsp3) is 0.692. The zero-order chi connectivity index (χ0) is 13.7. The normalized spacial score (nSPS) is 17.4. The highest BCUT2D eigenvalue weighted by Gasteiger charge is 2.19. The summed E-state index contributed by atoms with van der Waals surface area (Å²) >= 11 is 0. The zero-order valence-electron chi connectivity index (χ0n) is 11.4. The maximum absolute atomic E-state index is 11.3. The summed E-state index contributed by atoms with van der Waals surface area (Å²) in [6, 6.07) is 2.24. The van der Waals surface area contributed by atoms with E-state index in [0.29, 0.717) is 18.3 Å². The molecule has 0 unspecified atom stereocenters. The number of hydrogen-bond donors (Lipinski definition) is 2. The van der Waals surface area contributed by atoms with Crippen molar-refractivity contribution in [2.45, 2.75) is 51.1 Å². The number of nitrogen functional groups attached to an aromatic ring is 1. The predicted molar refractivity (Wildman–Crippen MR) is 71.1 cm³/mol. The Morgan fingerprint density at radius 3 is 2.79 bits per heavy atom. The van der Waals surface area contributed by atoms with Gasteiger partial charge < -0.3 is 4.52 Å². The van der Waals surface area contributed by atoms with Crippen LogP contribution in [0.15, 0.2) is 10.6 Å². The van der Waals surface area contributed by atoms with Gasteiger partial charge in [-0.15, -0.1) is 0 Å². The van der Waals surface area contributed by atoms with E-state index in [1.54, 1.807) is 6.07 Å². The number of rotatable bonds is 4. The minimum absolute atomic E-state index is 0.228. The summed E-state index contributed by atoms with van der Waals surface area (Å²) in [4.78, 5) is 13.6. The molecule has 1 amide bonds. The van der Waals surface area contributed by atoms with Gasteiger partial charge in [0.05, 0.1) is 6.54 Å². The topological polar surface area (TPSA) is 84.4 Å². The molecule has 1 aromatic heterocycles. The number of hydrogen-bond acceptors (Lipinski definition) is 5. The standard InChI is InChI=1S/C13H22N4O2/c1-17(10-6-4-2-3-5-7-10)9-11-8-12(16-19-11)13(18)15-14/h8,10H,2-7,9,14H2,1H3,(H,15,18). The molecule has 3 N–H and O–H groups in total. The summed E-state index contributed by atoms with van der Waals surface area (Å²) in [7, 11) is 2.10. The molecule has 0 aliphatic heterocycles. The van der Waals surface area contributed by atoms with E-state index in [0.717, 1.165) is 0 Å². The van der Waals surface area contributed by atoms with Crippen LogP contribution in [-0.2, 0) is 6.54 Å². The molecule has 0 saturated heterocycles.